The Bertz CT molecular complexity index is 619. The number of aromatic nitrogens is 1. The summed E-state index contributed by atoms with van der Waals surface area (Å²) in [6.07, 6.45) is 1.15. The van der Waals surface area contributed by atoms with Gasteiger partial charge in [0.15, 0.2) is 0 Å². The summed E-state index contributed by atoms with van der Waals surface area (Å²) in [5.41, 5.74) is 1.84. The predicted octanol–water partition coefficient (Wildman–Crippen LogP) is 1.98. The van der Waals surface area contributed by atoms with Crippen molar-refractivity contribution >= 4 is 36.9 Å². The normalized spacial score (nSPS) is 12.1. The van der Waals surface area contributed by atoms with E-state index in [2.05, 4.69) is 25.6 Å². The first-order valence-electron chi connectivity index (χ1n) is 4.66. The van der Waals surface area contributed by atoms with Crippen LogP contribution in [0.1, 0.15) is 5.69 Å². The maximum atomic E-state index is 10.9. The summed E-state index contributed by atoms with van der Waals surface area (Å²) in [6.45, 7) is 0.283. The lowest BCUT2D eigenvalue weighted by Crippen LogP contribution is -2.21. The Morgan fingerprint density at radius 2 is 2.12 bits per heavy atom. The molecule has 4 nitrogen and oxygen atoms in total. The van der Waals surface area contributed by atoms with Gasteiger partial charge in [-0.15, -0.1) is 0 Å². The zero-order valence-electron chi connectivity index (χ0n) is 8.62. The largest absolute Gasteiger partial charge is 0.357 e. The van der Waals surface area contributed by atoms with Gasteiger partial charge in [0.2, 0.25) is 10.0 Å². The number of hydrogen-bond donors (Lipinski definition) is 2. The fraction of sp³-hybridized carbons (Fsp3) is 0.200. The van der Waals surface area contributed by atoms with Crippen LogP contribution in [0.5, 0.6) is 0 Å². The molecule has 0 radical (unpaired) electrons. The van der Waals surface area contributed by atoms with Gasteiger partial charge in [0.1, 0.15) is 0 Å². The van der Waals surface area contributed by atoms with E-state index in [1.165, 1.54) is 0 Å². The molecule has 0 aliphatic rings. The quantitative estimate of drug-likeness (QED) is 0.911. The minimum absolute atomic E-state index is 0.283. The topological polar surface area (TPSA) is 62.0 Å². The molecule has 1 heterocycles. The molecule has 0 aliphatic heterocycles. The van der Waals surface area contributed by atoms with Gasteiger partial charge in [0.05, 0.1) is 12.8 Å². The highest BCUT2D eigenvalue weighted by atomic mass is 79.9. The van der Waals surface area contributed by atoms with Crippen LogP contribution < -0.4 is 4.72 Å². The lowest BCUT2D eigenvalue weighted by Gasteiger charge is -1.98. The highest BCUT2D eigenvalue weighted by molar-refractivity contribution is 9.10. The average Bonchev–Trinajstić information content (AvgIpc) is 2.55. The molecule has 0 unspecified atom stereocenters. The second kappa shape index (κ2) is 4.20. The monoisotopic (exact) mass is 302 g/mol. The number of H-pyrrole nitrogens is 1. The van der Waals surface area contributed by atoms with Crippen molar-refractivity contribution in [1.29, 1.82) is 0 Å². The first-order valence-corrected chi connectivity index (χ1v) is 7.34. The van der Waals surface area contributed by atoms with E-state index in [1.807, 2.05) is 24.3 Å². The molecular weight excluding hydrogens is 292 g/mol. The smallest absolute Gasteiger partial charge is 0.209 e. The molecule has 0 bridgehead atoms. The lowest BCUT2D eigenvalue weighted by atomic mass is 10.2. The number of nitrogens with one attached hydrogen (secondary N) is 2. The molecule has 2 rings (SSSR count). The zero-order chi connectivity index (χ0) is 11.8. The Kier molecular flexibility index (Phi) is 3.05. The van der Waals surface area contributed by atoms with Crippen molar-refractivity contribution in [3.05, 3.63) is 34.4 Å². The van der Waals surface area contributed by atoms with Crippen LogP contribution in [0.15, 0.2) is 28.7 Å². The SMILES string of the molecule is CS(=O)(=O)NCc1cc2cc(Br)ccc2[nH]1. The van der Waals surface area contributed by atoms with Crippen LogP contribution in [0.4, 0.5) is 0 Å². The molecule has 86 valence electrons. The third kappa shape index (κ3) is 2.84. The number of benzene rings is 1. The van der Waals surface area contributed by atoms with Gasteiger partial charge in [0, 0.05) is 21.1 Å². The second-order valence-corrected chi connectivity index (χ2v) is 6.37. The average molecular weight is 303 g/mol. The molecule has 2 aromatic rings. The molecule has 0 saturated carbocycles. The highest BCUT2D eigenvalue weighted by Gasteiger charge is 2.04. The maximum Gasteiger partial charge on any atom is 0.209 e. The number of aromatic amines is 1. The summed E-state index contributed by atoms with van der Waals surface area (Å²) in [5, 5.41) is 1.06. The van der Waals surface area contributed by atoms with Gasteiger partial charge in [-0.05, 0) is 24.3 Å². The van der Waals surface area contributed by atoms with Crippen molar-refractivity contribution in [2.24, 2.45) is 0 Å². The third-order valence-electron chi connectivity index (χ3n) is 2.16. The molecule has 0 atom stereocenters. The van der Waals surface area contributed by atoms with Crippen LogP contribution in [0.2, 0.25) is 0 Å². The van der Waals surface area contributed by atoms with E-state index in [1.54, 1.807) is 0 Å². The van der Waals surface area contributed by atoms with E-state index in [0.29, 0.717) is 0 Å². The zero-order valence-corrected chi connectivity index (χ0v) is 11.0. The van der Waals surface area contributed by atoms with Crippen molar-refractivity contribution in [2.45, 2.75) is 6.54 Å². The van der Waals surface area contributed by atoms with E-state index in [0.717, 1.165) is 27.3 Å². The summed E-state index contributed by atoms with van der Waals surface area (Å²) < 4.78 is 25.3. The Morgan fingerprint density at radius 3 is 2.81 bits per heavy atom. The molecule has 6 heteroatoms. The molecule has 2 N–H and O–H groups in total. The van der Waals surface area contributed by atoms with E-state index >= 15 is 0 Å². The Morgan fingerprint density at radius 1 is 1.38 bits per heavy atom. The van der Waals surface area contributed by atoms with Gasteiger partial charge in [0.25, 0.3) is 0 Å². The summed E-state index contributed by atoms with van der Waals surface area (Å²) in [7, 11) is -3.15. The first kappa shape index (κ1) is 11.6. The van der Waals surface area contributed by atoms with Gasteiger partial charge in [-0.25, -0.2) is 13.1 Å². The summed E-state index contributed by atoms with van der Waals surface area (Å²) in [4.78, 5) is 3.15. The second-order valence-electron chi connectivity index (χ2n) is 3.62. The fourth-order valence-corrected chi connectivity index (χ4v) is 2.26. The molecule has 0 saturated heterocycles. The van der Waals surface area contributed by atoms with Crippen molar-refractivity contribution in [3.63, 3.8) is 0 Å². The number of sulfonamides is 1. The van der Waals surface area contributed by atoms with Gasteiger partial charge >= 0.3 is 0 Å². The molecule has 1 aromatic heterocycles. The standard InChI is InChI=1S/C10H11BrN2O2S/c1-16(14,15)12-6-9-5-7-4-8(11)2-3-10(7)13-9/h2-5,12-13H,6H2,1H3. The number of halogens is 1. The number of fused-ring (bicyclic) bond motifs is 1. The van der Waals surface area contributed by atoms with E-state index < -0.39 is 10.0 Å². The van der Waals surface area contributed by atoms with Crippen molar-refractivity contribution in [1.82, 2.24) is 9.71 Å². The third-order valence-corrected chi connectivity index (χ3v) is 3.33. The summed E-state index contributed by atoms with van der Waals surface area (Å²) in [5.74, 6) is 0. The fourth-order valence-electron chi connectivity index (χ4n) is 1.47. The van der Waals surface area contributed by atoms with Crippen molar-refractivity contribution < 1.29 is 8.42 Å². The van der Waals surface area contributed by atoms with E-state index in [4.69, 9.17) is 0 Å². The van der Waals surface area contributed by atoms with E-state index in [-0.39, 0.29) is 6.54 Å². The molecule has 0 aliphatic carbocycles. The lowest BCUT2D eigenvalue weighted by molar-refractivity contribution is 0.587. The Balaban J connectivity index is 2.26. The Labute approximate surface area is 102 Å². The first-order chi connectivity index (χ1) is 7.44. The molecule has 1 aromatic carbocycles. The summed E-state index contributed by atoms with van der Waals surface area (Å²) >= 11 is 3.39. The minimum Gasteiger partial charge on any atom is -0.357 e. The molecule has 0 spiro atoms. The van der Waals surface area contributed by atoms with Crippen molar-refractivity contribution in [3.8, 4) is 0 Å². The summed E-state index contributed by atoms with van der Waals surface area (Å²) in [6, 6.07) is 7.80. The van der Waals surface area contributed by atoms with Crippen molar-refractivity contribution in [2.75, 3.05) is 6.26 Å². The maximum absolute atomic E-state index is 10.9. The number of rotatable bonds is 3. The van der Waals surface area contributed by atoms with Gasteiger partial charge in [-0.2, -0.15) is 0 Å². The molecular formula is C10H11BrN2O2S. The molecule has 16 heavy (non-hydrogen) atoms. The molecule has 0 fully saturated rings. The van der Waals surface area contributed by atoms with Crippen LogP contribution in [0, 0.1) is 0 Å². The Hall–Kier alpha value is -0.850. The van der Waals surface area contributed by atoms with Gasteiger partial charge in [-0.3, -0.25) is 0 Å². The highest BCUT2D eigenvalue weighted by Crippen LogP contribution is 2.20. The van der Waals surface area contributed by atoms with Crippen LogP contribution in [0.3, 0.4) is 0 Å². The van der Waals surface area contributed by atoms with Crippen LogP contribution >= 0.6 is 15.9 Å². The van der Waals surface area contributed by atoms with Crippen LogP contribution in [-0.2, 0) is 16.6 Å². The van der Waals surface area contributed by atoms with Crippen LogP contribution in [-0.4, -0.2) is 19.7 Å². The molecule has 0 amide bonds. The van der Waals surface area contributed by atoms with E-state index in [9.17, 15) is 8.42 Å². The van der Waals surface area contributed by atoms with Gasteiger partial charge in [-0.1, -0.05) is 15.9 Å². The minimum atomic E-state index is -3.15. The predicted molar refractivity (Wildman–Crippen MR) is 67.7 cm³/mol. The van der Waals surface area contributed by atoms with Crippen LogP contribution in [0.25, 0.3) is 10.9 Å². The van der Waals surface area contributed by atoms with Gasteiger partial charge < -0.3 is 4.98 Å². The number of hydrogen-bond acceptors (Lipinski definition) is 2.